The zero-order chi connectivity index (χ0) is 27.1. The number of aliphatic hydroxyl groups excluding tert-OH is 3. The molecule has 0 saturated carbocycles. The fourth-order valence-corrected chi connectivity index (χ4v) is 5.53. The van der Waals surface area contributed by atoms with Gasteiger partial charge in [0.25, 0.3) is 0 Å². The van der Waals surface area contributed by atoms with Crippen LogP contribution in [0.25, 0.3) is 0 Å². The molecule has 3 heteroatoms. The molecule has 3 N–H and O–H groups in total. The van der Waals surface area contributed by atoms with Crippen LogP contribution in [0.1, 0.15) is 200 Å². The van der Waals surface area contributed by atoms with Crippen LogP contribution in [0.3, 0.4) is 0 Å². The molecular formula is C34H70O3. The molecule has 0 spiro atoms. The Morgan fingerprint density at radius 3 is 0.784 bits per heavy atom. The Bertz CT molecular complexity index is 365. The molecule has 224 valence electrons. The molecule has 0 aromatic heterocycles. The van der Waals surface area contributed by atoms with E-state index in [-0.39, 0.29) is 18.8 Å². The Morgan fingerprint density at radius 2 is 0.541 bits per heavy atom. The Hall–Kier alpha value is -0.120. The first-order valence-corrected chi connectivity index (χ1v) is 17.2. The van der Waals surface area contributed by atoms with Gasteiger partial charge in [0.15, 0.2) is 0 Å². The van der Waals surface area contributed by atoms with Crippen LogP contribution in [-0.4, -0.2) is 34.1 Å². The van der Waals surface area contributed by atoms with E-state index in [2.05, 4.69) is 6.92 Å². The fraction of sp³-hybridized carbons (Fsp3) is 1.00. The molecule has 0 heterocycles. The Kier molecular flexibility index (Phi) is 32.0. The molecule has 0 bridgehead atoms. The summed E-state index contributed by atoms with van der Waals surface area (Å²) in [6.07, 6.45) is 38.3. The number of hydrogen-bond donors (Lipinski definition) is 3. The number of hydrogen-bond acceptors (Lipinski definition) is 3. The molecule has 37 heavy (non-hydrogen) atoms. The van der Waals surface area contributed by atoms with E-state index >= 15 is 0 Å². The van der Waals surface area contributed by atoms with Crippen LogP contribution in [0.4, 0.5) is 0 Å². The molecule has 0 aliphatic carbocycles. The van der Waals surface area contributed by atoms with Crippen molar-refractivity contribution < 1.29 is 15.3 Å². The monoisotopic (exact) mass is 527 g/mol. The van der Waals surface area contributed by atoms with E-state index in [1.165, 1.54) is 154 Å². The molecule has 2 atom stereocenters. The van der Waals surface area contributed by atoms with Crippen molar-refractivity contribution in [2.45, 2.75) is 212 Å². The van der Waals surface area contributed by atoms with Gasteiger partial charge in [0.05, 0.1) is 12.2 Å². The van der Waals surface area contributed by atoms with Gasteiger partial charge in [-0.25, -0.2) is 0 Å². The summed E-state index contributed by atoms with van der Waals surface area (Å²) in [4.78, 5) is 0. The summed E-state index contributed by atoms with van der Waals surface area (Å²) >= 11 is 0. The van der Waals surface area contributed by atoms with Crippen LogP contribution < -0.4 is 0 Å². The van der Waals surface area contributed by atoms with Gasteiger partial charge in [-0.1, -0.05) is 167 Å². The normalized spacial score (nSPS) is 13.3. The molecule has 0 aromatic carbocycles. The lowest BCUT2D eigenvalue weighted by molar-refractivity contribution is 0.137. The average molecular weight is 527 g/mol. The van der Waals surface area contributed by atoms with Crippen molar-refractivity contribution in [1.82, 2.24) is 0 Å². The molecule has 0 aliphatic heterocycles. The lowest BCUT2D eigenvalue weighted by Crippen LogP contribution is -2.06. The van der Waals surface area contributed by atoms with Crippen molar-refractivity contribution in [1.29, 1.82) is 0 Å². The third-order valence-corrected chi connectivity index (χ3v) is 8.16. The van der Waals surface area contributed by atoms with Crippen LogP contribution in [0.5, 0.6) is 0 Å². The average Bonchev–Trinajstić information content (AvgIpc) is 2.90. The molecule has 0 fully saturated rings. The summed E-state index contributed by atoms with van der Waals surface area (Å²) in [5.74, 6) is 0. The highest BCUT2D eigenvalue weighted by molar-refractivity contribution is 4.58. The van der Waals surface area contributed by atoms with Gasteiger partial charge in [-0.15, -0.1) is 0 Å². The van der Waals surface area contributed by atoms with E-state index in [1.54, 1.807) is 0 Å². The van der Waals surface area contributed by atoms with E-state index in [0.29, 0.717) is 0 Å². The topological polar surface area (TPSA) is 60.7 Å². The van der Waals surface area contributed by atoms with Gasteiger partial charge < -0.3 is 15.3 Å². The molecule has 2 unspecified atom stereocenters. The molecule has 0 saturated heterocycles. The maximum atomic E-state index is 9.87. The van der Waals surface area contributed by atoms with Gasteiger partial charge in [-0.2, -0.15) is 0 Å². The fourth-order valence-electron chi connectivity index (χ4n) is 5.53. The Morgan fingerprint density at radius 1 is 0.324 bits per heavy atom. The maximum Gasteiger partial charge on any atom is 0.0541 e. The van der Waals surface area contributed by atoms with E-state index < -0.39 is 0 Å². The van der Waals surface area contributed by atoms with Crippen molar-refractivity contribution >= 4 is 0 Å². The van der Waals surface area contributed by atoms with E-state index in [1.807, 2.05) is 0 Å². The van der Waals surface area contributed by atoms with Gasteiger partial charge in [0.2, 0.25) is 0 Å². The van der Waals surface area contributed by atoms with E-state index in [0.717, 1.165) is 38.5 Å². The van der Waals surface area contributed by atoms with Crippen LogP contribution in [0.2, 0.25) is 0 Å². The highest BCUT2D eigenvalue weighted by Gasteiger charge is 2.04. The maximum absolute atomic E-state index is 9.87. The standard InChI is InChI=1S/C34H70O3/c1-2-3-28-33(36)29-25-23-21-19-17-15-13-11-9-7-5-4-6-8-10-12-14-16-18-20-22-24-26-30-34(37)31-27-32-35/h33-37H,2-32H2,1H3. The highest BCUT2D eigenvalue weighted by atomic mass is 16.3. The zero-order valence-corrected chi connectivity index (χ0v) is 25.4. The van der Waals surface area contributed by atoms with Gasteiger partial charge >= 0.3 is 0 Å². The van der Waals surface area contributed by atoms with Gasteiger partial charge in [0.1, 0.15) is 0 Å². The predicted molar refractivity (Wildman–Crippen MR) is 163 cm³/mol. The predicted octanol–water partition coefficient (Wildman–Crippen LogP) is 10.4. The first kappa shape index (κ1) is 36.9. The molecule has 0 aliphatic rings. The van der Waals surface area contributed by atoms with Crippen molar-refractivity contribution in [2.75, 3.05) is 6.61 Å². The van der Waals surface area contributed by atoms with Crippen LogP contribution in [0, 0.1) is 0 Å². The Labute approximate surface area is 233 Å². The molecule has 0 aromatic rings. The summed E-state index contributed by atoms with van der Waals surface area (Å²) in [5.41, 5.74) is 0. The second-order valence-corrected chi connectivity index (χ2v) is 12.0. The number of rotatable bonds is 32. The van der Waals surface area contributed by atoms with Gasteiger partial charge in [-0.3, -0.25) is 0 Å². The van der Waals surface area contributed by atoms with Gasteiger partial charge in [0, 0.05) is 6.61 Å². The minimum absolute atomic E-state index is 0.0432. The molecule has 3 nitrogen and oxygen atoms in total. The summed E-state index contributed by atoms with van der Waals surface area (Å²) in [6, 6.07) is 0. The third kappa shape index (κ3) is 32.0. The van der Waals surface area contributed by atoms with Crippen LogP contribution >= 0.6 is 0 Å². The van der Waals surface area contributed by atoms with E-state index in [4.69, 9.17) is 5.11 Å². The van der Waals surface area contributed by atoms with Crippen molar-refractivity contribution in [3.63, 3.8) is 0 Å². The smallest absolute Gasteiger partial charge is 0.0541 e. The lowest BCUT2D eigenvalue weighted by atomic mass is 10.0. The number of aliphatic hydroxyl groups is 3. The summed E-state index contributed by atoms with van der Waals surface area (Å²) < 4.78 is 0. The van der Waals surface area contributed by atoms with Crippen molar-refractivity contribution in [3.05, 3.63) is 0 Å². The highest BCUT2D eigenvalue weighted by Crippen LogP contribution is 2.17. The minimum Gasteiger partial charge on any atom is -0.396 e. The zero-order valence-electron chi connectivity index (χ0n) is 25.4. The quantitative estimate of drug-likeness (QED) is 0.0764. The van der Waals surface area contributed by atoms with Crippen LogP contribution in [0.15, 0.2) is 0 Å². The summed E-state index contributed by atoms with van der Waals surface area (Å²) in [5, 5.41) is 28.4. The SMILES string of the molecule is CCCCC(O)CCCCCCCCCCCCCCCCCCCCCCCCCC(O)CCCO. The third-order valence-electron chi connectivity index (χ3n) is 8.16. The first-order valence-electron chi connectivity index (χ1n) is 17.2. The minimum atomic E-state index is -0.199. The second-order valence-electron chi connectivity index (χ2n) is 12.0. The second kappa shape index (κ2) is 32.1. The largest absolute Gasteiger partial charge is 0.396 e. The van der Waals surface area contributed by atoms with Crippen LogP contribution in [-0.2, 0) is 0 Å². The molecular weight excluding hydrogens is 456 g/mol. The molecule has 0 rings (SSSR count). The Balaban J connectivity index is 3.09. The van der Waals surface area contributed by atoms with E-state index in [9.17, 15) is 10.2 Å². The lowest BCUT2D eigenvalue weighted by Gasteiger charge is -2.09. The summed E-state index contributed by atoms with van der Waals surface area (Å²) in [6.45, 7) is 2.40. The molecule has 0 amide bonds. The van der Waals surface area contributed by atoms with Crippen molar-refractivity contribution in [2.24, 2.45) is 0 Å². The summed E-state index contributed by atoms with van der Waals surface area (Å²) in [7, 11) is 0. The molecule has 0 radical (unpaired) electrons. The van der Waals surface area contributed by atoms with Gasteiger partial charge in [-0.05, 0) is 32.1 Å². The van der Waals surface area contributed by atoms with Crippen molar-refractivity contribution in [3.8, 4) is 0 Å². The first-order chi connectivity index (χ1) is 18.2. The number of unbranched alkanes of at least 4 members (excludes halogenated alkanes) is 23.